The minimum Gasteiger partial charge on any atom is -0.364 e. The molecule has 54 valence electrons. The van der Waals surface area contributed by atoms with E-state index in [4.69, 9.17) is 5.73 Å². The van der Waals surface area contributed by atoms with Gasteiger partial charge in [-0.2, -0.15) is 0 Å². The van der Waals surface area contributed by atoms with Crippen molar-refractivity contribution in [1.82, 2.24) is 0 Å². The number of primary amides is 1. The van der Waals surface area contributed by atoms with Gasteiger partial charge in [0.1, 0.15) is 0 Å². The Hall–Kier alpha value is -0.570. The Morgan fingerprint density at radius 2 is 2.00 bits per heavy atom. The van der Waals surface area contributed by atoms with Crippen LogP contribution in [0.15, 0.2) is 0 Å². The predicted octanol–water partition coefficient (Wildman–Crippen LogP) is -0.872. The number of hydrogen-bond acceptors (Lipinski definition) is 1. The molecule has 0 rings (SSSR count). The van der Waals surface area contributed by atoms with Crippen LogP contribution in [0.3, 0.4) is 0 Å². The maximum Gasteiger partial charge on any atom is 0.278 e. The third-order valence-electron chi connectivity index (χ3n) is 1.84. The van der Waals surface area contributed by atoms with Crippen molar-refractivity contribution >= 4 is 5.91 Å². The fourth-order valence-corrected chi connectivity index (χ4v) is 0.285. The molecule has 0 fully saturated rings. The van der Waals surface area contributed by atoms with Crippen molar-refractivity contribution in [1.29, 1.82) is 0 Å². The molecule has 9 heavy (non-hydrogen) atoms. The molecule has 0 aromatic carbocycles. The van der Waals surface area contributed by atoms with Crippen molar-refractivity contribution < 1.29 is 10.5 Å². The lowest BCUT2D eigenvalue weighted by Gasteiger charge is -2.20. The molecule has 1 amide bonds. The summed E-state index contributed by atoms with van der Waals surface area (Å²) in [4.78, 5) is 10.6. The first kappa shape index (κ1) is 8.43. The highest BCUT2D eigenvalue weighted by Crippen LogP contribution is 2.08. The van der Waals surface area contributed by atoms with E-state index in [0.717, 1.165) is 0 Å². The Morgan fingerprint density at radius 3 is 2.00 bits per heavy atom. The van der Waals surface area contributed by atoms with E-state index in [0.29, 0.717) is 0 Å². The van der Waals surface area contributed by atoms with Gasteiger partial charge in [0.2, 0.25) is 0 Å². The van der Waals surface area contributed by atoms with Gasteiger partial charge in [-0.25, -0.2) is 0 Å². The molecule has 0 unspecified atom stereocenters. The van der Waals surface area contributed by atoms with Gasteiger partial charge < -0.3 is 11.5 Å². The van der Waals surface area contributed by atoms with Gasteiger partial charge in [-0.1, -0.05) is 13.8 Å². The average Bonchev–Trinajstić information content (AvgIpc) is 1.65. The molecule has 0 aromatic heterocycles. The second kappa shape index (κ2) is 2.35. The van der Waals surface area contributed by atoms with E-state index in [1.165, 1.54) is 0 Å². The van der Waals surface area contributed by atoms with Crippen LogP contribution in [-0.2, 0) is 4.79 Å². The third-order valence-corrected chi connectivity index (χ3v) is 1.84. The zero-order valence-corrected chi connectivity index (χ0v) is 6.27. The molecule has 0 spiro atoms. The minimum atomic E-state index is -0.611. The second-order valence-corrected chi connectivity index (χ2v) is 2.94. The summed E-state index contributed by atoms with van der Waals surface area (Å²) in [5.41, 5.74) is 8.15. The van der Waals surface area contributed by atoms with Gasteiger partial charge in [0.05, 0.1) is 0 Å². The Kier molecular flexibility index (Phi) is 2.20. The van der Waals surface area contributed by atoms with Crippen LogP contribution in [0, 0.1) is 5.92 Å². The molecule has 0 bridgehead atoms. The third kappa shape index (κ3) is 1.68. The quantitative estimate of drug-likeness (QED) is 0.502. The first-order chi connectivity index (χ1) is 3.89. The number of nitrogens with two attached hydrogens (primary N) is 1. The fraction of sp³-hybridized carbons (Fsp3) is 0.833. The molecule has 0 aliphatic carbocycles. The van der Waals surface area contributed by atoms with E-state index in [9.17, 15) is 4.79 Å². The van der Waals surface area contributed by atoms with Crippen LogP contribution in [0.1, 0.15) is 20.8 Å². The summed E-state index contributed by atoms with van der Waals surface area (Å²) in [6.07, 6.45) is 0. The summed E-state index contributed by atoms with van der Waals surface area (Å²) in [6.45, 7) is 5.61. The number of carbonyl (C=O) groups excluding carboxylic acids is 1. The summed E-state index contributed by atoms with van der Waals surface area (Å²) >= 11 is 0. The van der Waals surface area contributed by atoms with Gasteiger partial charge >= 0.3 is 0 Å². The molecule has 0 aromatic rings. The molecule has 3 heteroatoms. The predicted molar refractivity (Wildman–Crippen MR) is 35.3 cm³/mol. The zero-order chi connectivity index (χ0) is 7.65. The van der Waals surface area contributed by atoms with E-state index in [1.807, 2.05) is 13.8 Å². The Balaban J connectivity index is 4.19. The monoisotopic (exact) mass is 131 g/mol. The number of hydrogen-bond donors (Lipinski definition) is 2. The van der Waals surface area contributed by atoms with Crippen LogP contribution in [0.25, 0.3) is 0 Å². The summed E-state index contributed by atoms with van der Waals surface area (Å²) in [5.74, 6) is -0.132. The summed E-state index contributed by atoms with van der Waals surface area (Å²) in [6, 6.07) is 0. The fourth-order valence-electron chi connectivity index (χ4n) is 0.285. The molecule has 0 aliphatic heterocycles. The Labute approximate surface area is 55.4 Å². The highest BCUT2D eigenvalue weighted by atomic mass is 16.1. The van der Waals surface area contributed by atoms with Gasteiger partial charge in [-0.3, -0.25) is 4.79 Å². The molecule has 0 heterocycles. The lowest BCUT2D eigenvalue weighted by molar-refractivity contribution is -0.463. The zero-order valence-electron chi connectivity index (χ0n) is 6.27. The highest BCUT2D eigenvalue weighted by molar-refractivity contribution is 5.82. The van der Waals surface area contributed by atoms with Gasteiger partial charge in [-0.15, -0.1) is 0 Å². The van der Waals surface area contributed by atoms with Crippen LogP contribution in [0.2, 0.25) is 0 Å². The molecular formula is C6H15N2O+. The summed E-state index contributed by atoms with van der Waals surface area (Å²) in [7, 11) is 0. The minimum absolute atomic E-state index is 0.204. The lowest BCUT2D eigenvalue weighted by atomic mass is 9.89. The first-order valence-corrected chi connectivity index (χ1v) is 3.04. The molecule has 0 saturated heterocycles. The van der Waals surface area contributed by atoms with Crippen molar-refractivity contribution in [3.05, 3.63) is 0 Å². The van der Waals surface area contributed by atoms with E-state index < -0.39 is 5.54 Å². The molecule has 1 atom stereocenters. The highest BCUT2D eigenvalue weighted by Gasteiger charge is 2.33. The Morgan fingerprint density at radius 1 is 1.67 bits per heavy atom. The Bertz CT molecular complexity index is 118. The van der Waals surface area contributed by atoms with Crippen LogP contribution in [0.4, 0.5) is 0 Å². The standard InChI is InChI=1S/C6H14N2O/c1-4(2)6(3,8)5(7)9/h4H,8H2,1-3H3,(H2,7,9)/p+1/t6-/m0/s1. The van der Waals surface area contributed by atoms with Crippen LogP contribution < -0.4 is 11.5 Å². The van der Waals surface area contributed by atoms with Crippen molar-refractivity contribution in [2.75, 3.05) is 0 Å². The van der Waals surface area contributed by atoms with E-state index in [2.05, 4.69) is 5.73 Å². The topological polar surface area (TPSA) is 70.7 Å². The van der Waals surface area contributed by atoms with Crippen molar-refractivity contribution in [3.63, 3.8) is 0 Å². The smallest absolute Gasteiger partial charge is 0.278 e. The molecular weight excluding hydrogens is 116 g/mol. The maximum absolute atomic E-state index is 10.6. The molecule has 0 aliphatic rings. The number of rotatable bonds is 2. The summed E-state index contributed by atoms with van der Waals surface area (Å²) < 4.78 is 0. The number of amides is 1. The van der Waals surface area contributed by atoms with E-state index >= 15 is 0 Å². The van der Waals surface area contributed by atoms with Crippen molar-refractivity contribution in [2.45, 2.75) is 26.3 Å². The van der Waals surface area contributed by atoms with Crippen LogP contribution >= 0.6 is 0 Å². The summed E-state index contributed by atoms with van der Waals surface area (Å²) in [5, 5.41) is 0. The molecule has 5 N–H and O–H groups in total. The van der Waals surface area contributed by atoms with Crippen molar-refractivity contribution in [3.8, 4) is 0 Å². The molecule has 3 nitrogen and oxygen atoms in total. The van der Waals surface area contributed by atoms with Gasteiger partial charge in [0, 0.05) is 12.8 Å². The van der Waals surface area contributed by atoms with Gasteiger partial charge in [0.15, 0.2) is 5.54 Å². The SMILES string of the molecule is CC(C)[C@](C)([NH3+])C(N)=O. The van der Waals surface area contributed by atoms with Gasteiger partial charge in [0.25, 0.3) is 5.91 Å². The first-order valence-electron chi connectivity index (χ1n) is 3.04. The lowest BCUT2D eigenvalue weighted by Crippen LogP contribution is -2.79. The maximum atomic E-state index is 10.6. The van der Waals surface area contributed by atoms with E-state index in [1.54, 1.807) is 6.92 Å². The van der Waals surface area contributed by atoms with Crippen LogP contribution in [-0.4, -0.2) is 11.4 Å². The number of quaternary nitrogens is 1. The van der Waals surface area contributed by atoms with Crippen LogP contribution in [0.5, 0.6) is 0 Å². The molecule has 0 saturated carbocycles. The van der Waals surface area contributed by atoms with Crippen molar-refractivity contribution in [2.24, 2.45) is 11.7 Å². The second-order valence-electron chi connectivity index (χ2n) is 2.94. The number of carbonyl (C=O) groups is 1. The molecule has 0 radical (unpaired) electrons. The van der Waals surface area contributed by atoms with Gasteiger partial charge in [-0.05, 0) is 0 Å². The van der Waals surface area contributed by atoms with E-state index in [-0.39, 0.29) is 11.8 Å². The average molecular weight is 131 g/mol. The normalized spacial score (nSPS) is 17.4. The largest absolute Gasteiger partial charge is 0.364 e.